The van der Waals surface area contributed by atoms with Gasteiger partial charge in [0.1, 0.15) is 0 Å². The van der Waals surface area contributed by atoms with Crippen LogP contribution in [0.3, 0.4) is 0 Å². The number of rotatable bonds is 4. The Morgan fingerprint density at radius 2 is 1.33 bits per heavy atom. The second kappa shape index (κ2) is 4.12. The zero-order valence-electron chi connectivity index (χ0n) is 7.03. The quantitative estimate of drug-likeness (QED) is 0.737. The standard InChI is InChI=1S/C6H7F7O2/c7-4(8,1-3(15)2-14)5(9,10)6(11,12)13/h3,14-15H,1-2H2. The summed E-state index contributed by atoms with van der Waals surface area (Å²) in [7, 11) is 0. The highest BCUT2D eigenvalue weighted by molar-refractivity contribution is 4.92. The highest BCUT2D eigenvalue weighted by Crippen LogP contribution is 2.48. The maximum Gasteiger partial charge on any atom is 0.459 e. The minimum absolute atomic E-state index is 1.33. The first kappa shape index (κ1) is 14.4. The molecule has 0 bridgehead atoms. The number of aliphatic hydroxyl groups is 2. The molecule has 0 heterocycles. The van der Waals surface area contributed by atoms with E-state index in [1.165, 1.54) is 0 Å². The molecular formula is C6H7F7O2. The average Bonchev–Trinajstić information content (AvgIpc) is 2.00. The Balaban J connectivity index is 4.85. The number of alkyl halides is 7. The lowest BCUT2D eigenvalue weighted by molar-refractivity contribution is -0.358. The maximum atomic E-state index is 12.4. The summed E-state index contributed by atoms with van der Waals surface area (Å²) in [5.74, 6) is -11.7. The van der Waals surface area contributed by atoms with E-state index < -0.39 is 37.2 Å². The lowest BCUT2D eigenvalue weighted by atomic mass is 10.0. The van der Waals surface area contributed by atoms with Crippen molar-refractivity contribution in [3.63, 3.8) is 0 Å². The Morgan fingerprint density at radius 3 is 1.60 bits per heavy atom. The van der Waals surface area contributed by atoms with E-state index in [0.29, 0.717) is 0 Å². The fourth-order valence-electron chi connectivity index (χ4n) is 0.696. The van der Waals surface area contributed by atoms with Gasteiger partial charge in [-0.25, -0.2) is 0 Å². The summed E-state index contributed by atoms with van der Waals surface area (Å²) in [5, 5.41) is 16.4. The molecule has 0 radical (unpaired) electrons. The zero-order valence-corrected chi connectivity index (χ0v) is 7.03. The van der Waals surface area contributed by atoms with Crippen LogP contribution < -0.4 is 0 Å². The lowest BCUT2D eigenvalue weighted by Crippen LogP contribution is -2.53. The lowest BCUT2D eigenvalue weighted by Gasteiger charge is -2.29. The van der Waals surface area contributed by atoms with Crippen molar-refractivity contribution in [2.75, 3.05) is 6.61 Å². The number of hydrogen-bond donors (Lipinski definition) is 2. The topological polar surface area (TPSA) is 40.5 Å². The smallest absolute Gasteiger partial charge is 0.394 e. The maximum absolute atomic E-state index is 12.4. The van der Waals surface area contributed by atoms with Crippen LogP contribution in [-0.4, -0.2) is 40.9 Å². The fraction of sp³-hybridized carbons (Fsp3) is 1.00. The number of hydrogen-bond acceptors (Lipinski definition) is 2. The predicted octanol–water partition coefficient (Wildman–Crippen LogP) is 1.56. The van der Waals surface area contributed by atoms with Crippen LogP contribution in [0.5, 0.6) is 0 Å². The molecule has 2 N–H and O–H groups in total. The van der Waals surface area contributed by atoms with Crippen LogP contribution >= 0.6 is 0 Å². The first-order valence-corrected chi connectivity index (χ1v) is 3.57. The van der Waals surface area contributed by atoms with Gasteiger partial charge in [-0.2, -0.15) is 30.7 Å². The van der Waals surface area contributed by atoms with E-state index in [9.17, 15) is 30.7 Å². The van der Waals surface area contributed by atoms with Gasteiger partial charge in [-0.1, -0.05) is 0 Å². The summed E-state index contributed by atoms with van der Waals surface area (Å²) in [6.45, 7) is -1.33. The van der Waals surface area contributed by atoms with E-state index in [1.54, 1.807) is 0 Å². The third-order valence-electron chi connectivity index (χ3n) is 1.52. The molecule has 15 heavy (non-hydrogen) atoms. The second-order valence-corrected chi connectivity index (χ2v) is 2.82. The van der Waals surface area contributed by atoms with Crippen LogP contribution in [0, 0.1) is 0 Å². The van der Waals surface area contributed by atoms with E-state index in [4.69, 9.17) is 10.2 Å². The highest BCUT2D eigenvalue weighted by Gasteiger charge is 2.72. The third kappa shape index (κ3) is 2.94. The van der Waals surface area contributed by atoms with Gasteiger partial charge in [-0.3, -0.25) is 0 Å². The van der Waals surface area contributed by atoms with Crippen LogP contribution in [0.1, 0.15) is 6.42 Å². The molecule has 0 rings (SSSR count). The molecule has 1 unspecified atom stereocenters. The molecule has 0 amide bonds. The van der Waals surface area contributed by atoms with Gasteiger partial charge >= 0.3 is 18.0 Å². The predicted molar refractivity (Wildman–Crippen MR) is 33.7 cm³/mol. The Hall–Kier alpha value is -0.570. The van der Waals surface area contributed by atoms with Crippen molar-refractivity contribution in [3.8, 4) is 0 Å². The Kier molecular flexibility index (Phi) is 3.97. The van der Waals surface area contributed by atoms with E-state index in [0.717, 1.165) is 0 Å². The summed E-state index contributed by atoms with van der Waals surface area (Å²) in [6.07, 6.45) is -10.9. The minimum atomic E-state index is -6.41. The molecule has 92 valence electrons. The third-order valence-corrected chi connectivity index (χ3v) is 1.52. The van der Waals surface area contributed by atoms with Gasteiger partial charge in [0.15, 0.2) is 0 Å². The van der Waals surface area contributed by atoms with Gasteiger partial charge in [0.2, 0.25) is 0 Å². The van der Waals surface area contributed by atoms with Crippen LogP contribution in [0.2, 0.25) is 0 Å². The average molecular weight is 244 g/mol. The van der Waals surface area contributed by atoms with E-state index in [2.05, 4.69) is 0 Å². The zero-order chi connectivity index (χ0) is 12.5. The molecule has 2 nitrogen and oxygen atoms in total. The number of halogens is 7. The summed E-state index contributed by atoms with van der Waals surface area (Å²) in [4.78, 5) is 0. The van der Waals surface area contributed by atoms with Gasteiger partial charge in [0.05, 0.1) is 12.7 Å². The van der Waals surface area contributed by atoms with E-state index in [1.807, 2.05) is 0 Å². The van der Waals surface area contributed by atoms with Crippen LogP contribution in [0.25, 0.3) is 0 Å². The molecule has 0 fully saturated rings. The Morgan fingerprint density at radius 1 is 0.933 bits per heavy atom. The van der Waals surface area contributed by atoms with Gasteiger partial charge in [0.25, 0.3) is 0 Å². The molecular weight excluding hydrogens is 237 g/mol. The Labute approximate surface area is 79.3 Å². The first-order chi connectivity index (χ1) is 6.45. The normalized spacial score (nSPS) is 16.6. The molecule has 9 heteroatoms. The van der Waals surface area contributed by atoms with Gasteiger partial charge in [-0.05, 0) is 0 Å². The summed E-state index contributed by atoms with van der Waals surface area (Å²) in [5.41, 5.74) is 0. The largest absolute Gasteiger partial charge is 0.459 e. The molecule has 0 aliphatic heterocycles. The van der Waals surface area contributed by atoms with Crippen LogP contribution in [0.15, 0.2) is 0 Å². The van der Waals surface area contributed by atoms with Crippen molar-refractivity contribution in [1.82, 2.24) is 0 Å². The van der Waals surface area contributed by atoms with E-state index >= 15 is 0 Å². The van der Waals surface area contributed by atoms with Crippen molar-refractivity contribution in [3.05, 3.63) is 0 Å². The molecule has 0 aliphatic rings. The van der Waals surface area contributed by atoms with Gasteiger partial charge in [-0.15, -0.1) is 0 Å². The fourth-order valence-corrected chi connectivity index (χ4v) is 0.696. The van der Waals surface area contributed by atoms with Gasteiger partial charge in [0, 0.05) is 6.42 Å². The molecule has 0 spiro atoms. The summed E-state index contributed by atoms with van der Waals surface area (Å²) in [6, 6.07) is 0. The van der Waals surface area contributed by atoms with Crippen molar-refractivity contribution in [2.24, 2.45) is 0 Å². The molecule has 0 aliphatic carbocycles. The monoisotopic (exact) mass is 244 g/mol. The first-order valence-electron chi connectivity index (χ1n) is 3.57. The van der Waals surface area contributed by atoms with Crippen molar-refractivity contribution in [1.29, 1.82) is 0 Å². The van der Waals surface area contributed by atoms with Gasteiger partial charge < -0.3 is 10.2 Å². The van der Waals surface area contributed by atoms with E-state index in [-0.39, 0.29) is 0 Å². The number of aliphatic hydroxyl groups excluding tert-OH is 2. The molecule has 0 aromatic heterocycles. The molecule has 0 aromatic rings. The van der Waals surface area contributed by atoms with Crippen molar-refractivity contribution < 1.29 is 40.9 Å². The summed E-state index contributed by atoms with van der Waals surface area (Å²) >= 11 is 0. The van der Waals surface area contributed by atoms with Crippen LogP contribution in [-0.2, 0) is 0 Å². The van der Waals surface area contributed by atoms with Crippen molar-refractivity contribution >= 4 is 0 Å². The second-order valence-electron chi connectivity index (χ2n) is 2.82. The molecule has 0 aromatic carbocycles. The Bertz CT molecular complexity index is 212. The van der Waals surface area contributed by atoms with Crippen LogP contribution in [0.4, 0.5) is 30.7 Å². The van der Waals surface area contributed by atoms with Crippen molar-refractivity contribution in [2.45, 2.75) is 30.5 Å². The highest BCUT2D eigenvalue weighted by atomic mass is 19.4. The SMILES string of the molecule is OCC(O)CC(F)(F)C(F)(F)C(F)(F)F. The molecule has 0 saturated heterocycles. The molecule has 1 atom stereocenters. The minimum Gasteiger partial charge on any atom is -0.394 e. The summed E-state index contributed by atoms with van der Waals surface area (Å²) < 4.78 is 83.6. The molecule has 0 saturated carbocycles.